The van der Waals surface area contributed by atoms with Gasteiger partial charge in [-0.05, 0) is 37.3 Å². The number of aryl methyl sites for hydroxylation is 1. The summed E-state index contributed by atoms with van der Waals surface area (Å²) in [5.74, 6) is -0.183. The van der Waals surface area contributed by atoms with Crippen LogP contribution >= 0.6 is 15.9 Å². The molecule has 0 amide bonds. The van der Waals surface area contributed by atoms with Crippen molar-refractivity contribution in [3.8, 4) is 5.69 Å². The van der Waals surface area contributed by atoms with Gasteiger partial charge >= 0.3 is 0 Å². The van der Waals surface area contributed by atoms with Crippen molar-refractivity contribution in [2.24, 2.45) is 0 Å². The van der Waals surface area contributed by atoms with E-state index in [9.17, 15) is 4.39 Å². The van der Waals surface area contributed by atoms with Crippen molar-refractivity contribution in [3.05, 3.63) is 47.3 Å². The normalized spacial score (nSPS) is 14.6. The van der Waals surface area contributed by atoms with E-state index < -0.39 is 0 Å². The van der Waals surface area contributed by atoms with E-state index in [0.717, 1.165) is 30.5 Å². The van der Waals surface area contributed by atoms with Crippen LogP contribution in [0, 0.1) is 5.82 Å². The smallest absolute Gasteiger partial charge is 0.147 e. The number of para-hydroxylation sites is 1. The first-order chi connectivity index (χ1) is 8.81. The van der Waals surface area contributed by atoms with Crippen LogP contribution in [-0.4, -0.2) is 9.55 Å². The van der Waals surface area contributed by atoms with Crippen molar-refractivity contribution in [1.82, 2.24) is 9.55 Å². The van der Waals surface area contributed by atoms with E-state index in [0.29, 0.717) is 11.0 Å². The van der Waals surface area contributed by atoms with Gasteiger partial charge in [-0.2, -0.15) is 0 Å². The lowest BCUT2D eigenvalue weighted by molar-refractivity contribution is 0.606. The highest BCUT2D eigenvalue weighted by Gasteiger charge is 2.19. The van der Waals surface area contributed by atoms with Crippen molar-refractivity contribution < 1.29 is 4.39 Å². The Hall–Kier alpha value is -1.16. The largest absolute Gasteiger partial charge is 0.300 e. The number of rotatable bonds is 2. The second kappa shape index (κ2) is 4.84. The Balaban J connectivity index is 2.18. The fourth-order valence-corrected chi connectivity index (χ4v) is 3.05. The third-order valence-corrected chi connectivity index (χ3v) is 4.09. The minimum Gasteiger partial charge on any atom is -0.300 e. The third kappa shape index (κ3) is 1.88. The van der Waals surface area contributed by atoms with Crippen LogP contribution in [0.5, 0.6) is 0 Å². The van der Waals surface area contributed by atoms with Crippen LogP contribution in [0.1, 0.15) is 29.8 Å². The van der Waals surface area contributed by atoms with Gasteiger partial charge in [-0.3, -0.25) is 4.57 Å². The van der Waals surface area contributed by atoms with Gasteiger partial charge in [0.2, 0.25) is 0 Å². The predicted octanol–water partition coefficient (Wildman–Crippen LogP) is 3.79. The molecule has 0 fully saturated rings. The maximum absolute atomic E-state index is 14.1. The van der Waals surface area contributed by atoms with E-state index in [4.69, 9.17) is 0 Å². The van der Waals surface area contributed by atoms with Crippen molar-refractivity contribution in [3.63, 3.8) is 0 Å². The Morgan fingerprint density at radius 2 is 2.11 bits per heavy atom. The van der Waals surface area contributed by atoms with Crippen LogP contribution in [-0.2, 0) is 18.2 Å². The Kier molecular flexibility index (Phi) is 3.20. The molecule has 1 aromatic carbocycles. The number of nitrogens with zero attached hydrogens (tertiary/aromatic N) is 2. The Labute approximate surface area is 114 Å². The quantitative estimate of drug-likeness (QED) is 0.772. The SMILES string of the molecule is Fc1cccc(CBr)c1-n1cnc2c1CCCC2. The number of fused-ring (bicyclic) bond motifs is 1. The average molecular weight is 309 g/mol. The number of halogens is 2. The molecule has 94 valence electrons. The van der Waals surface area contributed by atoms with Gasteiger partial charge in [0.25, 0.3) is 0 Å². The van der Waals surface area contributed by atoms with Crippen LogP contribution in [0.25, 0.3) is 5.69 Å². The highest BCUT2D eigenvalue weighted by atomic mass is 79.9. The minimum absolute atomic E-state index is 0.183. The van der Waals surface area contributed by atoms with Gasteiger partial charge in [0.1, 0.15) is 5.82 Å². The number of hydrogen-bond donors (Lipinski definition) is 0. The monoisotopic (exact) mass is 308 g/mol. The highest BCUT2D eigenvalue weighted by molar-refractivity contribution is 9.08. The van der Waals surface area contributed by atoms with Crippen molar-refractivity contribution in [1.29, 1.82) is 0 Å². The van der Waals surface area contributed by atoms with E-state index in [1.54, 1.807) is 12.4 Å². The summed E-state index contributed by atoms with van der Waals surface area (Å²) in [5, 5.41) is 0.646. The Bertz CT molecular complexity index is 577. The average Bonchev–Trinajstić information content (AvgIpc) is 2.82. The van der Waals surface area contributed by atoms with Crippen molar-refractivity contribution in [2.75, 3.05) is 0 Å². The molecule has 1 aliphatic rings. The van der Waals surface area contributed by atoms with E-state index in [-0.39, 0.29) is 5.82 Å². The minimum atomic E-state index is -0.183. The van der Waals surface area contributed by atoms with E-state index in [1.807, 2.05) is 10.6 Å². The summed E-state index contributed by atoms with van der Waals surface area (Å²) < 4.78 is 16.0. The first kappa shape index (κ1) is 11.9. The molecule has 0 spiro atoms. The lowest BCUT2D eigenvalue weighted by Gasteiger charge is -2.16. The Morgan fingerprint density at radius 1 is 1.28 bits per heavy atom. The standard InChI is InChI=1S/C14H14BrFN2/c15-8-10-4-3-5-11(16)14(10)18-9-17-12-6-1-2-7-13(12)18/h3-5,9H,1-2,6-8H2. The molecule has 0 radical (unpaired) electrons. The molecular weight excluding hydrogens is 295 g/mol. The summed E-state index contributed by atoms with van der Waals surface area (Å²) in [7, 11) is 0. The van der Waals surface area contributed by atoms with Gasteiger partial charge in [0.05, 0.1) is 17.7 Å². The molecule has 0 aliphatic heterocycles. The zero-order valence-corrected chi connectivity index (χ0v) is 11.6. The molecule has 3 rings (SSSR count). The molecule has 2 aromatic rings. The topological polar surface area (TPSA) is 17.8 Å². The maximum Gasteiger partial charge on any atom is 0.147 e. The second-order valence-electron chi connectivity index (χ2n) is 4.60. The van der Waals surface area contributed by atoms with E-state index in [1.165, 1.54) is 18.2 Å². The molecule has 2 nitrogen and oxygen atoms in total. The zero-order chi connectivity index (χ0) is 12.5. The second-order valence-corrected chi connectivity index (χ2v) is 5.16. The third-order valence-electron chi connectivity index (χ3n) is 3.49. The predicted molar refractivity (Wildman–Crippen MR) is 72.8 cm³/mol. The molecule has 0 saturated heterocycles. The molecule has 0 atom stereocenters. The van der Waals surface area contributed by atoms with Crippen molar-refractivity contribution in [2.45, 2.75) is 31.0 Å². The molecule has 1 aromatic heterocycles. The fourth-order valence-electron chi connectivity index (χ4n) is 2.60. The lowest BCUT2D eigenvalue weighted by atomic mass is 10.0. The maximum atomic E-state index is 14.1. The van der Waals surface area contributed by atoms with Gasteiger partial charge in [-0.15, -0.1) is 0 Å². The molecule has 1 heterocycles. The first-order valence-electron chi connectivity index (χ1n) is 6.20. The van der Waals surface area contributed by atoms with Gasteiger partial charge in [0, 0.05) is 11.0 Å². The van der Waals surface area contributed by atoms with E-state index >= 15 is 0 Å². The van der Waals surface area contributed by atoms with Gasteiger partial charge in [-0.25, -0.2) is 9.37 Å². The summed E-state index contributed by atoms with van der Waals surface area (Å²) in [6, 6.07) is 5.21. The summed E-state index contributed by atoms with van der Waals surface area (Å²) >= 11 is 3.42. The summed E-state index contributed by atoms with van der Waals surface area (Å²) in [6.07, 6.45) is 6.12. The van der Waals surface area contributed by atoms with Gasteiger partial charge in [-0.1, -0.05) is 28.1 Å². The zero-order valence-electron chi connectivity index (χ0n) is 10.00. The molecule has 1 aliphatic carbocycles. The van der Waals surface area contributed by atoms with Crippen LogP contribution in [0.4, 0.5) is 4.39 Å². The molecule has 0 bridgehead atoms. The number of hydrogen-bond acceptors (Lipinski definition) is 1. The van der Waals surface area contributed by atoms with Crippen LogP contribution in [0.3, 0.4) is 0 Å². The number of benzene rings is 1. The highest BCUT2D eigenvalue weighted by Crippen LogP contribution is 2.27. The van der Waals surface area contributed by atoms with Crippen LogP contribution in [0.2, 0.25) is 0 Å². The molecule has 0 unspecified atom stereocenters. The molecule has 0 saturated carbocycles. The number of imidazole rings is 1. The van der Waals surface area contributed by atoms with Crippen LogP contribution in [0.15, 0.2) is 24.5 Å². The molecule has 0 N–H and O–H groups in total. The van der Waals surface area contributed by atoms with Crippen LogP contribution < -0.4 is 0 Å². The summed E-state index contributed by atoms with van der Waals surface area (Å²) in [4.78, 5) is 4.43. The van der Waals surface area contributed by atoms with E-state index in [2.05, 4.69) is 20.9 Å². The number of aromatic nitrogens is 2. The number of alkyl halides is 1. The summed E-state index contributed by atoms with van der Waals surface area (Å²) in [6.45, 7) is 0. The molecular formula is C14H14BrFN2. The lowest BCUT2D eigenvalue weighted by Crippen LogP contribution is -2.09. The van der Waals surface area contributed by atoms with Gasteiger partial charge in [0.15, 0.2) is 0 Å². The van der Waals surface area contributed by atoms with Gasteiger partial charge < -0.3 is 0 Å². The van der Waals surface area contributed by atoms with Crippen molar-refractivity contribution >= 4 is 15.9 Å². The fraction of sp³-hybridized carbons (Fsp3) is 0.357. The Morgan fingerprint density at radius 3 is 2.94 bits per heavy atom. The first-order valence-corrected chi connectivity index (χ1v) is 7.32. The molecule has 4 heteroatoms. The molecule has 18 heavy (non-hydrogen) atoms. The summed E-state index contributed by atoms with van der Waals surface area (Å²) in [5.41, 5.74) is 3.91.